The van der Waals surface area contributed by atoms with Crippen LogP contribution in [0.25, 0.3) is 0 Å². The van der Waals surface area contributed by atoms with Gasteiger partial charge in [0, 0.05) is 12.8 Å². The third kappa shape index (κ3) is 7.30. The van der Waals surface area contributed by atoms with Crippen LogP contribution in [0.15, 0.2) is 0 Å². The van der Waals surface area contributed by atoms with Crippen molar-refractivity contribution in [3.63, 3.8) is 0 Å². The van der Waals surface area contributed by atoms with Crippen LogP contribution in [0.3, 0.4) is 0 Å². The fourth-order valence-electron chi connectivity index (χ4n) is 0.387. The Labute approximate surface area is 55.0 Å². The summed E-state index contributed by atoms with van der Waals surface area (Å²) in [6, 6.07) is 0. The predicted molar refractivity (Wildman–Crippen MR) is 37.6 cm³/mol. The Bertz CT molecular complexity index is 73.1. The van der Waals surface area contributed by atoms with Gasteiger partial charge in [0.1, 0.15) is 0 Å². The first-order valence-electron chi connectivity index (χ1n) is 2.97. The lowest BCUT2D eigenvalue weighted by atomic mass is 10.5. The zero-order chi connectivity index (χ0) is 6.95. The molecule has 0 aliphatic heterocycles. The summed E-state index contributed by atoms with van der Waals surface area (Å²) in [7, 11) is 0. The maximum Gasteiger partial charge on any atom is 0.0515 e. The van der Waals surface area contributed by atoms with Crippen LogP contribution in [-0.4, -0.2) is 25.6 Å². The number of rotatable bonds is 6. The summed E-state index contributed by atoms with van der Waals surface area (Å²) in [5, 5.41) is 13.3. The summed E-state index contributed by atoms with van der Waals surface area (Å²) in [4.78, 5) is 0. The van der Waals surface area contributed by atoms with Crippen LogP contribution in [-0.2, 0) is 4.74 Å². The molecule has 0 bridgehead atoms. The van der Waals surface area contributed by atoms with Crippen LogP contribution in [0.4, 0.5) is 0 Å². The molecule has 0 saturated carbocycles. The van der Waals surface area contributed by atoms with Crippen molar-refractivity contribution in [1.82, 2.24) is 0 Å². The van der Waals surface area contributed by atoms with Gasteiger partial charge in [-0.2, -0.15) is 0 Å². The molecular formula is C6H12N2O. The molecule has 0 aliphatic rings. The molecule has 0 atom stereocenters. The van der Waals surface area contributed by atoms with Crippen molar-refractivity contribution in [2.45, 2.75) is 12.8 Å². The van der Waals surface area contributed by atoms with Crippen molar-refractivity contribution >= 4 is 12.4 Å². The molecule has 0 fully saturated rings. The van der Waals surface area contributed by atoms with E-state index in [0.717, 1.165) is 0 Å². The number of ether oxygens (including phenoxy) is 1. The van der Waals surface area contributed by atoms with E-state index in [4.69, 9.17) is 15.6 Å². The molecule has 0 aromatic heterocycles. The molecule has 0 aliphatic carbocycles. The second kappa shape index (κ2) is 7.30. The fourth-order valence-corrected chi connectivity index (χ4v) is 0.387. The summed E-state index contributed by atoms with van der Waals surface area (Å²) in [6.07, 6.45) is 4.00. The Balaban J connectivity index is 2.74. The molecule has 2 N–H and O–H groups in total. The quantitative estimate of drug-likeness (QED) is 0.408. The van der Waals surface area contributed by atoms with E-state index in [9.17, 15) is 0 Å². The van der Waals surface area contributed by atoms with E-state index in [0.29, 0.717) is 26.1 Å². The molecule has 0 radical (unpaired) electrons. The first-order valence-corrected chi connectivity index (χ1v) is 2.97. The number of hydrogen-bond donors (Lipinski definition) is 2. The van der Waals surface area contributed by atoms with Gasteiger partial charge in [-0.05, 0) is 12.4 Å². The lowest BCUT2D eigenvalue weighted by Gasteiger charge is -1.96. The molecule has 0 aromatic rings. The van der Waals surface area contributed by atoms with E-state index in [2.05, 4.69) is 0 Å². The molecule has 0 unspecified atom stereocenters. The molecule has 52 valence electrons. The molecule has 3 nitrogen and oxygen atoms in total. The maximum atomic E-state index is 6.63. The van der Waals surface area contributed by atoms with Crippen molar-refractivity contribution in [3.05, 3.63) is 0 Å². The van der Waals surface area contributed by atoms with Gasteiger partial charge in [0.15, 0.2) is 0 Å². The Morgan fingerprint density at radius 2 is 1.44 bits per heavy atom. The average molecular weight is 128 g/mol. The second-order valence-electron chi connectivity index (χ2n) is 1.60. The van der Waals surface area contributed by atoms with Gasteiger partial charge in [0.05, 0.1) is 13.2 Å². The van der Waals surface area contributed by atoms with E-state index in [1.54, 1.807) is 0 Å². The van der Waals surface area contributed by atoms with E-state index in [1.807, 2.05) is 0 Å². The molecule has 9 heavy (non-hydrogen) atoms. The monoisotopic (exact) mass is 128 g/mol. The van der Waals surface area contributed by atoms with Gasteiger partial charge >= 0.3 is 0 Å². The van der Waals surface area contributed by atoms with Gasteiger partial charge in [-0.1, -0.05) is 0 Å². The summed E-state index contributed by atoms with van der Waals surface area (Å²) < 4.78 is 5.01. The molecule has 3 heteroatoms. The maximum absolute atomic E-state index is 6.63. The molecule has 0 rings (SSSR count). The molecule has 0 saturated heterocycles. The highest BCUT2D eigenvalue weighted by Gasteiger charge is 1.82. The molecule has 0 heterocycles. The van der Waals surface area contributed by atoms with Gasteiger partial charge in [0.2, 0.25) is 0 Å². The first-order chi connectivity index (χ1) is 4.41. The van der Waals surface area contributed by atoms with E-state index >= 15 is 0 Å². The minimum absolute atomic E-state index is 0.608. The van der Waals surface area contributed by atoms with Crippen molar-refractivity contribution in [3.8, 4) is 0 Å². The fraction of sp³-hybridized carbons (Fsp3) is 0.667. The Kier molecular flexibility index (Phi) is 6.73. The highest BCUT2D eigenvalue weighted by molar-refractivity contribution is 5.53. The minimum Gasteiger partial charge on any atom is -0.381 e. The lowest BCUT2D eigenvalue weighted by molar-refractivity contribution is 0.149. The summed E-state index contributed by atoms with van der Waals surface area (Å²) in [5.41, 5.74) is 0. The number of nitrogens with one attached hydrogen (secondary N) is 2. The van der Waals surface area contributed by atoms with Crippen LogP contribution in [0.5, 0.6) is 0 Å². The van der Waals surface area contributed by atoms with Crippen LogP contribution < -0.4 is 0 Å². The van der Waals surface area contributed by atoms with E-state index in [1.165, 1.54) is 12.4 Å². The van der Waals surface area contributed by atoms with Crippen LogP contribution in [0.2, 0.25) is 0 Å². The third-order valence-electron chi connectivity index (χ3n) is 0.813. The van der Waals surface area contributed by atoms with Crippen molar-refractivity contribution in [2.75, 3.05) is 13.2 Å². The summed E-state index contributed by atoms with van der Waals surface area (Å²) >= 11 is 0. The minimum atomic E-state index is 0.608. The molecule has 0 amide bonds. The Hall–Kier alpha value is -0.700. The number of hydrogen-bond acceptors (Lipinski definition) is 3. The SMILES string of the molecule is N=CCCOCCC=N. The van der Waals surface area contributed by atoms with Gasteiger partial charge in [-0.15, -0.1) is 0 Å². The topological polar surface area (TPSA) is 56.9 Å². The smallest absolute Gasteiger partial charge is 0.0515 e. The second-order valence-corrected chi connectivity index (χ2v) is 1.60. The van der Waals surface area contributed by atoms with Gasteiger partial charge in [0.25, 0.3) is 0 Å². The third-order valence-corrected chi connectivity index (χ3v) is 0.813. The standard InChI is InChI=1S/C6H12N2O/c7-3-1-5-9-6-2-4-8/h3-4,7-8H,1-2,5-6H2. The molecule has 0 aromatic carbocycles. The van der Waals surface area contributed by atoms with Gasteiger partial charge in [-0.25, -0.2) is 0 Å². The molecule has 0 spiro atoms. The van der Waals surface area contributed by atoms with Crippen LogP contribution in [0, 0.1) is 10.8 Å². The first kappa shape index (κ1) is 8.30. The summed E-state index contributed by atoms with van der Waals surface area (Å²) in [5.74, 6) is 0. The van der Waals surface area contributed by atoms with Crippen molar-refractivity contribution < 1.29 is 4.74 Å². The lowest BCUT2D eigenvalue weighted by Crippen LogP contribution is -1.96. The summed E-state index contributed by atoms with van der Waals surface area (Å²) in [6.45, 7) is 1.22. The van der Waals surface area contributed by atoms with Crippen LogP contribution >= 0.6 is 0 Å². The average Bonchev–Trinajstić information content (AvgIpc) is 1.89. The zero-order valence-corrected chi connectivity index (χ0v) is 5.39. The van der Waals surface area contributed by atoms with Crippen molar-refractivity contribution in [2.24, 2.45) is 0 Å². The van der Waals surface area contributed by atoms with Crippen LogP contribution in [0.1, 0.15) is 12.8 Å². The van der Waals surface area contributed by atoms with E-state index < -0.39 is 0 Å². The van der Waals surface area contributed by atoms with Gasteiger partial charge in [-0.3, -0.25) is 0 Å². The van der Waals surface area contributed by atoms with E-state index in [-0.39, 0.29) is 0 Å². The van der Waals surface area contributed by atoms with Crippen molar-refractivity contribution in [1.29, 1.82) is 10.8 Å². The Morgan fingerprint density at radius 1 is 1.00 bits per heavy atom. The zero-order valence-electron chi connectivity index (χ0n) is 5.39. The largest absolute Gasteiger partial charge is 0.381 e. The highest BCUT2D eigenvalue weighted by Crippen LogP contribution is 1.80. The molecular weight excluding hydrogens is 116 g/mol. The Morgan fingerprint density at radius 3 is 1.78 bits per heavy atom. The highest BCUT2D eigenvalue weighted by atomic mass is 16.5. The normalized spacial score (nSPS) is 8.89. The predicted octanol–water partition coefficient (Wildman–Crippen LogP) is 1.08. The van der Waals surface area contributed by atoms with Gasteiger partial charge < -0.3 is 15.6 Å².